The Morgan fingerprint density at radius 2 is 1.67 bits per heavy atom. The van der Waals surface area contributed by atoms with Crippen LogP contribution in [0.15, 0.2) is 48.5 Å². The normalized spacial score (nSPS) is 14.9. The van der Waals surface area contributed by atoms with E-state index in [1.54, 1.807) is 0 Å². The van der Waals surface area contributed by atoms with Crippen LogP contribution in [0.4, 0.5) is 0 Å². The van der Waals surface area contributed by atoms with Crippen LogP contribution in [-0.2, 0) is 13.0 Å². The van der Waals surface area contributed by atoms with Gasteiger partial charge in [0, 0.05) is 6.54 Å². The van der Waals surface area contributed by atoms with Crippen molar-refractivity contribution in [2.45, 2.75) is 13.0 Å². The Morgan fingerprint density at radius 1 is 0.778 bits per heavy atom. The van der Waals surface area contributed by atoms with Crippen LogP contribution in [0.3, 0.4) is 0 Å². The summed E-state index contributed by atoms with van der Waals surface area (Å²) in [5, 5.41) is 8.98. The molecule has 0 saturated heterocycles. The van der Waals surface area contributed by atoms with Crippen molar-refractivity contribution in [2.24, 2.45) is 0 Å². The van der Waals surface area contributed by atoms with E-state index >= 15 is 0 Å². The number of rotatable bonds is 0. The summed E-state index contributed by atoms with van der Waals surface area (Å²) in [4.78, 5) is 0. The lowest BCUT2D eigenvalue weighted by Crippen LogP contribution is -2.23. The summed E-state index contributed by atoms with van der Waals surface area (Å²) >= 11 is 0. The highest BCUT2D eigenvalue weighted by atomic mass is 14.9. The van der Waals surface area contributed by atoms with Crippen LogP contribution < -0.4 is 5.32 Å². The molecular formula is C17H15N. The molecule has 1 aliphatic heterocycles. The molecule has 1 N–H and O–H groups in total. The zero-order chi connectivity index (χ0) is 11.9. The van der Waals surface area contributed by atoms with Crippen molar-refractivity contribution < 1.29 is 0 Å². The van der Waals surface area contributed by atoms with Crippen LogP contribution in [0.5, 0.6) is 0 Å². The summed E-state index contributed by atoms with van der Waals surface area (Å²) in [6.45, 7) is 2.11. The van der Waals surface area contributed by atoms with E-state index in [0.717, 1.165) is 19.5 Å². The Morgan fingerprint density at radius 3 is 2.67 bits per heavy atom. The molecule has 0 amide bonds. The van der Waals surface area contributed by atoms with Crippen molar-refractivity contribution in [3.8, 4) is 0 Å². The number of benzene rings is 3. The Balaban J connectivity index is 2.15. The van der Waals surface area contributed by atoms with E-state index in [1.165, 1.54) is 32.7 Å². The van der Waals surface area contributed by atoms with Crippen LogP contribution in [0.1, 0.15) is 11.1 Å². The Kier molecular flexibility index (Phi) is 2.14. The molecule has 3 aromatic carbocycles. The van der Waals surface area contributed by atoms with E-state index in [2.05, 4.69) is 53.8 Å². The maximum absolute atomic E-state index is 3.44. The summed E-state index contributed by atoms with van der Waals surface area (Å²) in [6, 6.07) is 17.8. The smallest absolute Gasteiger partial charge is 0.0208 e. The van der Waals surface area contributed by atoms with Gasteiger partial charge >= 0.3 is 0 Å². The molecule has 1 aliphatic rings. The Hall–Kier alpha value is -1.86. The molecule has 0 unspecified atom stereocenters. The average Bonchev–Trinajstić information content (AvgIpc) is 2.46. The summed E-state index contributed by atoms with van der Waals surface area (Å²) in [5.74, 6) is 0. The van der Waals surface area contributed by atoms with Gasteiger partial charge in [0.1, 0.15) is 0 Å². The first-order valence-corrected chi connectivity index (χ1v) is 6.56. The fourth-order valence-electron chi connectivity index (χ4n) is 3.09. The average molecular weight is 233 g/mol. The predicted molar refractivity (Wildman–Crippen MR) is 76.9 cm³/mol. The first-order chi connectivity index (χ1) is 8.93. The van der Waals surface area contributed by atoms with Crippen molar-refractivity contribution in [3.05, 3.63) is 59.7 Å². The van der Waals surface area contributed by atoms with E-state index in [4.69, 9.17) is 0 Å². The molecule has 88 valence electrons. The van der Waals surface area contributed by atoms with Crippen LogP contribution in [0.2, 0.25) is 0 Å². The quantitative estimate of drug-likeness (QED) is 0.584. The zero-order valence-electron chi connectivity index (χ0n) is 10.2. The third kappa shape index (κ3) is 1.37. The van der Waals surface area contributed by atoms with Gasteiger partial charge in [-0.1, -0.05) is 48.5 Å². The monoisotopic (exact) mass is 233 g/mol. The molecule has 0 fully saturated rings. The number of fused-ring (bicyclic) bond motifs is 5. The Bertz CT molecular complexity index is 743. The molecule has 0 radical (unpaired) electrons. The standard InChI is InChI=1S/C17H15N/c1-2-4-14-12(3-1)5-7-17-15-9-10-18-11-13(15)6-8-16(14)17/h1-8,18H,9-11H2. The van der Waals surface area contributed by atoms with Crippen molar-refractivity contribution >= 4 is 21.5 Å². The zero-order valence-corrected chi connectivity index (χ0v) is 10.2. The van der Waals surface area contributed by atoms with Crippen LogP contribution >= 0.6 is 0 Å². The van der Waals surface area contributed by atoms with Gasteiger partial charge in [0.15, 0.2) is 0 Å². The van der Waals surface area contributed by atoms with Gasteiger partial charge in [-0.05, 0) is 45.6 Å². The highest BCUT2D eigenvalue weighted by molar-refractivity contribution is 6.08. The lowest BCUT2D eigenvalue weighted by molar-refractivity contribution is 0.647. The van der Waals surface area contributed by atoms with E-state index in [-0.39, 0.29) is 0 Å². The first kappa shape index (κ1) is 10.1. The number of nitrogens with one attached hydrogen (secondary N) is 1. The predicted octanol–water partition coefficient (Wildman–Crippen LogP) is 3.64. The van der Waals surface area contributed by atoms with Gasteiger partial charge in [-0.25, -0.2) is 0 Å². The van der Waals surface area contributed by atoms with E-state index in [9.17, 15) is 0 Å². The molecular weight excluding hydrogens is 218 g/mol. The van der Waals surface area contributed by atoms with Gasteiger partial charge in [0.2, 0.25) is 0 Å². The largest absolute Gasteiger partial charge is 0.312 e. The van der Waals surface area contributed by atoms with Crippen molar-refractivity contribution in [2.75, 3.05) is 6.54 Å². The van der Waals surface area contributed by atoms with E-state index < -0.39 is 0 Å². The highest BCUT2D eigenvalue weighted by Gasteiger charge is 2.12. The van der Waals surface area contributed by atoms with Crippen molar-refractivity contribution in [1.29, 1.82) is 0 Å². The minimum Gasteiger partial charge on any atom is -0.312 e. The molecule has 4 rings (SSSR count). The maximum Gasteiger partial charge on any atom is 0.0208 e. The lowest BCUT2D eigenvalue weighted by Gasteiger charge is -2.19. The number of hydrogen-bond acceptors (Lipinski definition) is 1. The van der Waals surface area contributed by atoms with Crippen molar-refractivity contribution in [1.82, 2.24) is 5.32 Å². The molecule has 18 heavy (non-hydrogen) atoms. The van der Waals surface area contributed by atoms with Gasteiger partial charge in [0.05, 0.1) is 0 Å². The molecule has 0 bridgehead atoms. The first-order valence-electron chi connectivity index (χ1n) is 6.56. The molecule has 0 atom stereocenters. The van der Waals surface area contributed by atoms with Crippen LogP contribution in [0.25, 0.3) is 21.5 Å². The van der Waals surface area contributed by atoms with E-state index in [1.807, 2.05) is 0 Å². The van der Waals surface area contributed by atoms with Gasteiger partial charge in [-0.2, -0.15) is 0 Å². The molecule has 3 aromatic rings. The molecule has 1 heteroatoms. The minimum atomic E-state index is 1.01. The second kappa shape index (κ2) is 3.82. The third-order valence-electron chi connectivity index (χ3n) is 4.00. The minimum absolute atomic E-state index is 1.01. The van der Waals surface area contributed by atoms with Crippen LogP contribution in [0, 0.1) is 0 Å². The maximum atomic E-state index is 3.44. The summed E-state index contributed by atoms with van der Waals surface area (Å²) < 4.78 is 0. The molecule has 0 spiro atoms. The fraction of sp³-hybridized carbons (Fsp3) is 0.176. The Labute approximate surface area is 106 Å². The van der Waals surface area contributed by atoms with E-state index in [0.29, 0.717) is 0 Å². The second-order valence-corrected chi connectivity index (χ2v) is 5.01. The lowest BCUT2D eigenvalue weighted by atomic mass is 9.92. The SMILES string of the molecule is c1ccc2c(c1)ccc1c3c(ccc12)CNCC3. The summed E-state index contributed by atoms with van der Waals surface area (Å²) in [7, 11) is 0. The van der Waals surface area contributed by atoms with Gasteiger partial charge in [-0.3, -0.25) is 0 Å². The molecule has 0 aliphatic carbocycles. The topological polar surface area (TPSA) is 12.0 Å². The summed E-state index contributed by atoms with van der Waals surface area (Å²) in [6.07, 6.45) is 1.14. The number of hydrogen-bond donors (Lipinski definition) is 1. The van der Waals surface area contributed by atoms with Gasteiger partial charge < -0.3 is 5.32 Å². The highest BCUT2D eigenvalue weighted by Crippen LogP contribution is 2.30. The molecule has 1 heterocycles. The van der Waals surface area contributed by atoms with Crippen LogP contribution in [-0.4, -0.2) is 6.54 Å². The second-order valence-electron chi connectivity index (χ2n) is 5.01. The van der Waals surface area contributed by atoms with Gasteiger partial charge in [-0.15, -0.1) is 0 Å². The summed E-state index contributed by atoms with van der Waals surface area (Å²) in [5.41, 5.74) is 3.00. The molecule has 1 nitrogen and oxygen atoms in total. The fourth-order valence-corrected chi connectivity index (χ4v) is 3.09. The molecule has 0 aromatic heterocycles. The van der Waals surface area contributed by atoms with Gasteiger partial charge in [0.25, 0.3) is 0 Å². The molecule has 0 saturated carbocycles. The van der Waals surface area contributed by atoms with Crippen molar-refractivity contribution in [3.63, 3.8) is 0 Å². The third-order valence-corrected chi connectivity index (χ3v) is 4.00.